The fourth-order valence-electron chi connectivity index (χ4n) is 0.573. The maximum Gasteiger partial charge on any atom is 0.317 e. The number of hydrogen-bond acceptors (Lipinski definition) is 3. The number of carboxylic acids is 1. The Kier molecular flexibility index (Phi) is 5.42. The van der Waals surface area contributed by atoms with Crippen molar-refractivity contribution in [2.24, 2.45) is 0 Å². The molecule has 0 aromatic carbocycles. The van der Waals surface area contributed by atoms with Crippen LogP contribution in [0, 0.1) is 0 Å². The zero-order chi connectivity index (χ0) is 8.69. The van der Waals surface area contributed by atoms with Crippen LogP contribution in [0.4, 0.5) is 0 Å². The first-order valence-electron chi connectivity index (χ1n) is 3.46. The summed E-state index contributed by atoms with van der Waals surface area (Å²) in [5.41, 5.74) is 0. The van der Waals surface area contributed by atoms with Gasteiger partial charge >= 0.3 is 5.97 Å². The molecule has 0 amide bonds. The first kappa shape index (κ1) is 10.1. The summed E-state index contributed by atoms with van der Waals surface area (Å²) >= 11 is 0. The molecular weight excluding hydrogens is 144 g/mol. The summed E-state index contributed by atoms with van der Waals surface area (Å²) in [6, 6.07) is 0. The third-order valence-electron chi connectivity index (χ3n) is 1.13. The smallest absolute Gasteiger partial charge is 0.317 e. The minimum Gasteiger partial charge on any atom is -0.480 e. The van der Waals surface area contributed by atoms with Crippen LogP contribution in [0.25, 0.3) is 0 Å². The maximum atomic E-state index is 10.1. The highest BCUT2D eigenvalue weighted by atomic mass is 16.4. The van der Waals surface area contributed by atoms with Gasteiger partial charge in [-0.1, -0.05) is 6.08 Å². The first-order valence-corrected chi connectivity index (χ1v) is 3.46. The molecular formula is C7H14N2O2. The quantitative estimate of drug-likeness (QED) is 0.369. The second-order valence-corrected chi connectivity index (χ2v) is 2.19. The molecule has 11 heavy (non-hydrogen) atoms. The SMILES string of the molecule is C=CCNC(C)NCC(=O)O. The maximum absolute atomic E-state index is 10.1. The Hall–Kier alpha value is -0.870. The van der Waals surface area contributed by atoms with E-state index >= 15 is 0 Å². The fraction of sp³-hybridized carbons (Fsp3) is 0.571. The van der Waals surface area contributed by atoms with E-state index in [0.717, 1.165) is 0 Å². The van der Waals surface area contributed by atoms with Gasteiger partial charge in [-0.3, -0.25) is 15.4 Å². The van der Waals surface area contributed by atoms with Crippen LogP contribution >= 0.6 is 0 Å². The first-order chi connectivity index (χ1) is 5.16. The van der Waals surface area contributed by atoms with Gasteiger partial charge in [-0.15, -0.1) is 6.58 Å². The Morgan fingerprint density at radius 2 is 2.36 bits per heavy atom. The van der Waals surface area contributed by atoms with E-state index in [9.17, 15) is 4.79 Å². The van der Waals surface area contributed by atoms with Crippen molar-refractivity contribution in [2.75, 3.05) is 13.1 Å². The van der Waals surface area contributed by atoms with Gasteiger partial charge < -0.3 is 5.11 Å². The molecule has 0 fully saturated rings. The normalized spacial score (nSPS) is 12.5. The predicted octanol–water partition coefficient (Wildman–Crippen LogP) is -0.218. The van der Waals surface area contributed by atoms with E-state index in [1.807, 2.05) is 6.92 Å². The average Bonchev–Trinajstić information content (AvgIpc) is 1.97. The monoisotopic (exact) mass is 158 g/mol. The topological polar surface area (TPSA) is 61.4 Å². The zero-order valence-corrected chi connectivity index (χ0v) is 6.63. The summed E-state index contributed by atoms with van der Waals surface area (Å²) in [5.74, 6) is -0.850. The van der Waals surface area contributed by atoms with Gasteiger partial charge in [0.1, 0.15) is 0 Å². The summed E-state index contributed by atoms with van der Waals surface area (Å²) in [7, 11) is 0. The van der Waals surface area contributed by atoms with Crippen molar-refractivity contribution in [1.82, 2.24) is 10.6 Å². The van der Waals surface area contributed by atoms with E-state index in [4.69, 9.17) is 5.11 Å². The second-order valence-electron chi connectivity index (χ2n) is 2.19. The van der Waals surface area contributed by atoms with Crippen molar-refractivity contribution in [1.29, 1.82) is 0 Å². The summed E-state index contributed by atoms with van der Waals surface area (Å²) in [6.07, 6.45) is 1.72. The third kappa shape index (κ3) is 7.02. The Labute approximate surface area is 66.3 Å². The van der Waals surface area contributed by atoms with Crippen molar-refractivity contribution in [3.63, 3.8) is 0 Å². The van der Waals surface area contributed by atoms with Gasteiger partial charge in [-0.05, 0) is 6.92 Å². The van der Waals surface area contributed by atoms with Crippen LogP contribution in [0.2, 0.25) is 0 Å². The minimum atomic E-state index is -0.850. The van der Waals surface area contributed by atoms with Crippen LogP contribution in [0.3, 0.4) is 0 Å². The van der Waals surface area contributed by atoms with Crippen LogP contribution in [0.1, 0.15) is 6.92 Å². The van der Waals surface area contributed by atoms with E-state index in [2.05, 4.69) is 17.2 Å². The lowest BCUT2D eigenvalue weighted by Gasteiger charge is -2.11. The average molecular weight is 158 g/mol. The van der Waals surface area contributed by atoms with Crippen molar-refractivity contribution in [3.05, 3.63) is 12.7 Å². The minimum absolute atomic E-state index is 0.00380. The molecule has 0 spiro atoms. The zero-order valence-electron chi connectivity index (χ0n) is 6.63. The van der Waals surface area contributed by atoms with E-state index in [0.29, 0.717) is 6.54 Å². The summed E-state index contributed by atoms with van der Waals surface area (Å²) in [6.45, 7) is 6.03. The van der Waals surface area contributed by atoms with Crippen molar-refractivity contribution in [3.8, 4) is 0 Å². The van der Waals surface area contributed by atoms with Crippen molar-refractivity contribution in [2.45, 2.75) is 13.1 Å². The number of aliphatic carboxylic acids is 1. The standard InChI is InChI=1S/C7H14N2O2/c1-3-4-8-6(2)9-5-7(10)11/h3,6,8-9H,1,4-5H2,2H3,(H,10,11). The lowest BCUT2D eigenvalue weighted by Crippen LogP contribution is -2.42. The highest BCUT2D eigenvalue weighted by Crippen LogP contribution is 1.73. The van der Waals surface area contributed by atoms with Crippen molar-refractivity contribution < 1.29 is 9.90 Å². The van der Waals surface area contributed by atoms with Crippen LogP contribution in [-0.4, -0.2) is 30.3 Å². The van der Waals surface area contributed by atoms with Gasteiger partial charge in [0, 0.05) is 6.54 Å². The molecule has 1 unspecified atom stereocenters. The van der Waals surface area contributed by atoms with Gasteiger partial charge in [-0.2, -0.15) is 0 Å². The summed E-state index contributed by atoms with van der Waals surface area (Å²) in [4.78, 5) is 10.1. The van der Waals surface area contributed by atoms with Gasteiger partial charge in [0.05, 0.1) is 12.7 Å². The van der Waals surface area contributed by atoms with Crippen LogP contribution < -0.4 is 10.6 Å². The van der Waals surface area contributed by atoms with Crippen LogP contribution in [0.15, 0.2) is 12.7 Å². The number of hydrogen-bond donors (Lipinski definition) is 3. The van der Waals surface area contributed by atoms with Gasteiger partial charge in [0.15, 0.2) is 0 Å². The van der Waals surface area contributed by atoms with E-state index in [1.54, 1.807) is 6.08 Å². The highest BCUT2D eigenvalue weighted by Gasteiger charge is 2.00. The molecule has 3 N–H and O–H groups in total. The summed E-state index contributed by atoms with van der Waals surface area (Å²) in [5, 5.41) is 14.0. The highest BCUT2D eigenvalue weighted by molar-refractivity contribution is 5.69. The lowest BCUT2D eigenvalue weighted by molar-refractivity contribution is -0.136. The molecule has 0 bridgehead atoms. The Balaban J connectivity index is 3.28. The molecule has 0 aromatic heterocycles. The Morgan fingerprint density at radius 3 is 2.82 bits per heavy atom. The van der Waals surface area contributed by atoms with Gasteiger partial charge in [0.2, 0.25) is 0 Å². The largest absolute Gasteiger partial charge is 0.480 e. The molecule has 0 aliphatic rings. The third-order valence-corrected chi connectivity index (χ3v) is 1.13. The number of rotatable bonds is 6. The molecule has 0 saturated carbocycles. The molecule has 4 nitrogen and oxygen atoms in total. The Morgan fingerprint density at radius 1 is 1.73 bits per heavy atom. The number of carbonyl (C=O) groups is 1. The predicted molar refractivity (Wildman–Crippen MR) is 43.3 cm³/mol. The molecule has 0 radical (unpaired) electrons. The summed E-state index contributed by atoms with van der Waals surface area (Å²) < 4.78 is 0. The fourth-order valence-corrected chi connectivity index (χ4v) is 0.573. The molecule has 0 aromatic rings. The van der Waals surface area contributed by atoms with Crippen LogP contribution in [0.5, 0.6) is 0 Å². The molecule has 0 rings (SSSR count). The molecule has 4 heteroatoms. The van der Waals surface area contributed by atoms with E-state index < -0.39 is 5.97 Å². The second kappa shape index (κ2) is 5.88. The molecule has 64 valence electrons. The molecule has 0 aliphatic carbocycles. The molecule has 0 heterocycles. The lowest BCUT2D eigenvalue weighted by atomic mass is 10.5. The van der Waals surface area contributed by atoms with Crippen molar-refractivity contribution >= 4 is 5.97 Å². The van der Waals surface area contributed by atoms with Crippen LogP contribution in [-0.2, 0) is 4.79 Å². The number of carboxylic acid groups (broad SMARTS) is 1. The molecule has 1 atom stereocenters. The van der Waals surface area contributed by atoms with E-state index in [1.165, 1.54) is 0 Å². The molecule has 0 saturated heterocycles. The van der Waals surface area contributed by atoms with Gasteiger partial charge in [-0.25, -0.2) is 0 Å². The van der Waals surface area contributed by atoms with E-state index in [-0.39, 0.29) is 12.7 Å². The Bertz CT molecular complexity index is 136. The van der Waals surface area contributed by atoms with Gasteiger partial charge in [0.25, 0.3) is 0 Å². The number of nitrogens with one attached hydrogen (secondary N) is 2. The molecule has 0 aliphatic heterocycles.